The van der Waals surface area contributed by atoms with Crippen molar-refractivity contribution in [3.63, 3.8) is 0 Å². The van der Waals surface area contributed by atoms with Crippen LogP contribution in [0.25, 0.3) is 0 Å². The van der Waals surface area contributed by atoms with E-state index in [-0.39, 0.29) is 6.61 Å². The number of thioether (sulfide) groups is 1. The van der Waals surface area contributed by atoms with Crippen molar-refractivity contribution < 1.29 is 17.3 Å². The van der Waals surface area contributed by atoms with Crippen LogP contribution >= 0.6 is 11.8 Å². The Morgan fingerprint density at radius 3 is 2.42 bits per heavy atom. The molecular weight excluding hydrogens is 200 g/mol. The molecule has 0 aliphatic heterocycles. The highest BCUT2D eigenvalue weighted by Gasteiger charge is 1.99. The van der Waals surface area contributed by atoms with Gasteiger partial charge >= 0.3 is 0 Å². The molecule has 0 aromatic carbocycles. The molecular formula is C6H14O4S2. The van der Waals surface area contributed by atoms with Gasteiger partial charge in [0.2, 0.25) is 0 Å². The predicted octanol–water partition coefficient (Wildman–Crippen LogP) is 0.342. The van der Waals surface area contributed by atoms with Gasteiger partial charge in [-0.1, -0.05) is 0 Å². The van der Waals surface area contributed by atoms with Crippen LogP contribution in [-0.2, 0) is 19.0 Å². The van der Waals surface area contributed by atoms with E-state index < -0.39 is 10.1 Å². The molecule has 12 heavy (non-hydrogen) atoms. The molecule has 0 fully saturated rings. The van der Waals surface area contributed by atoms with Gasteiger partial charge in [0, 0.05) is 5.75 Å². The molecule has 4 nitrogen and oxygen atoms in total. The Morgan fingerprint density at radius 1 is 1.25 bits per heavy atom. The van der Waals surface area contributed by atoms with E-state index in [1.807, 2.05) is 6.26 Å². The Morgan fingerprint density at radius 2 is 1.92 bits per heavy atom. The molecule has 0 aliphatic rings. The van der Waals surface area contributed by atoms with Crippen molar-refractivity contribution in [1.29, 1.82) is 0 Å². The molecule has 0 amide bonds. The minimum absolute atomic E-state index is 0.104. The van der Waals surface area contributed by atoms with Gasteiger partial charge in [0.1, 0.15) is 0 Å². The second-order valence-electron chi connectivity index (χ2n) is 2.13. The van der Waals surface area contributed by atoms with E-state index in [0.29, 0.717) is 13.2 Å². The van der Waals surface area contributed by atoms with Crippen molar-refractivity contribution >= 4 is 21.9 Å². The van der Waals surface area contributed by atoms with Gasteiger partial charge < -0.3 is 4.74 Å². The Labute approximate surface area is 77.7 Å². The van der Waals surface area contributed by atoms with Gasteiger partial charge in [0.05, 0.1) is 26.1 Å². The van der Waals surface area contributed by atoms with E-state index in [0.717, 1.165) is 12.0 Å². The molecule has 74 valence electrons. The lowest BCUT2D eigenvalue weighted by atomic mass is 10.7. The van der Waals surface area contributed by atoms with Gasteiger partial charge in [0.25, 0.3) is 10.1 Å². The van der Waals surface area contributed by atoms with E-state index in [4.69, 9.17) is 4.74 Å². The van der Waals surface area contributed by atoms with Crippen molar-refractivity contribution in [2.24, 2.45) is 0 Å². The minimum atomic E-state index is -3.30. The molecule has 0 bridgehead atoms. The van der Waals surface area contributed by atoms with E-state index >= 15 is 0 Å². The lowest BCUT2D eigenvalue weighted by Crippen LogP contribution is -2.10. The summed E-state index contributed by atoms with van der Waals surface area (Å²) in [5.41, 5.74) is 0. The third kappa shape index (κ3) is 10.2. The Balaban J connectivity index is 3.12. The fraction of sp³-hybridized carbons (Fsp3) is 1.00. The van der Waals surface area contributed by atoms with Crippen LogP contribution in [0.1, 0.15) is 0 Å². The first-order chi connectivity index (χ1) is 5.56. The Kier molecular flexibility index (Phi) is 6.83. The molecule has 0 saturated carbocycles. The van der Waals surface area contributed by atoms with Crippen molar-refractivity contribution in [2.45, 2.75) is 0 Å². The van der Waals surface area contributed by atoms with Crippen LogP contribution in [0.3, 0.4) is 0 Å². The largest absolute Gasteiger partial charge is 0.378 e. The summed E-state index contributed by atoms with van der Waals surface area (Å²) in [5, 5.41) is 0. The number of ether oxygens (including phenoxy) is 1. The lowest BCUT2D eigenvalue weighted by Gasteiger charge is -2.02. The van der Waals surface area contributed by atoms with Crippen LogP contribution in [-0.4, -0.2) is 46.5 Å². The van der Waals surface area contributed by atoms with Gasteiger partial charge in [-0.05, 0) is 6.26 Å². The highest BCUT2D eigenvalue weighted by molar-refractivity contribution is 7.98. The number of hydrogen-bond acceptors (Lipinski definition) is 5. The second kappa shape index (κ2) is 6.71. The summed E-state index contributed by atoms with van der Waals surface area (Å²) in [6, 6.07) is 0. The molecule has 0 rings (SSSR count). The fourth-order valence-corrected chi connectivity index (χ4v) is 1.14. The molecule has 0 aliphatic carbocycles. The summed E-state index contributed by atoms with van der Waals surface area (Å²) in [6.07, 6.45) is 3.01. The van der Waals surface area contributed by atoms with Crippen LogP contribution in [0.15, 0.2) is 0 Å². The van der Waals surface area contributed by atoms with E-state index in [9.17, 15) is 8.42 Å². The highest BCUT2D eigenvalue weighted by Crippen LogP contribution is 1.91. The number of rotatable bonds is 7. The smallest absolute Gasteiger partial charge is 0.264 e. The van der Waals surface area contributed by atoms with Crippen LogP contribution in [0.2, 0.25) is 0 Å². The van der Waals surface area contributed by atoms with Crippen molar-refractivity contribution in [1.82, 2.24) is 0 Å². The van der Waals surface area contributed by atoms with Crippen LogP contribution in [0.5, 0.6) is 0 Å². The topological polar surface area (TPSA) is 52.6 Å². The first-order valence-corrected chi connectivity index (χ1v) is 6.68. The van der Waals surface area contributed by atoms with Gasteiger partial charge in [-0.3, -0.25) is 4.18 Å². The first-order valence-electron chi connectivity index (χ1n) is 3.47. The number of hydrogen-bond donors (Lipinski definition) is 0. The normalized spacial score (nSPS) is 11.8. The van der Waals surface area contributed by atoms with Crippen molar-refractivity contribution in [3.8, 4) is 0 Å². The monoisotopic (exact) mass is 214 g/mol. The SMILES string of the molecule is CSCCOCCOS(C)(=O)=O. The predicted molar refractivity (Wildman–Crippen MR) is 50.0 cm³/mol. The van der Waals surface area contributed by atoms with Gasteiger partial charge in [-0.2, -0.15) is 20.2 Å². The Hall–Kier alpha value is 0.220. The fourth-order valence-electron chi connectivity index (χ4n) is 0.489. The average molecular weight is 214 g/mol. The molecule has 0 aromatic heterocycles. The standard InChI is InChI=1S/C6H14O4S2/c1-11-6-5-9-3-4-10-12(2,7)8/h3-6H2,1-2H3. The van der Waals surface area contributed by atoms with E-state index in [1.54, 1.807) is 11.8 Å². The molecule has 0 aromatic rings. The first kappa shape index (κ1) is 12.2. The summed E-state index contributed by atoms with van der Waals surface area (Å²) in [4.78, 5) is 0. The van der Waals surface area contributed by atoms with Gasteiger partial charge in [-0.15, -0.1) is 0 Å². The van der Waals surface area contributed by atoms with Crippen molar-refractivity contribution in [2.75, 3.05) is 38.1 Å². The molecule has 0 N–H and O–H groups in total. The summed E-state index contributed by atoms with van der Waals surface area (Å²) < 4.78 is 30.4. The van der Waals surface area contributed by atoms with Gasteiger partial charge in [-0.25, -0.2) is 0 Å². The van der Waals surface area contributed by atoms with E-state index in [2.05, 4.69) is 4.18 Å². The third-order valence-electron chi connectivity index (χ3n) is 0.957. The average Bonchev–Trinajstić information content (AvgIpc) is 1.94. The highest BCUT2D eigenvalue weighted by atomic mass is 32.2. The third-order valence-corrected chi connectivity index (χ3v) is 2.13. The summed E-state index contributed by atoms with van der Waals surface area (Å²) >= 11 is 1.68. The maximum absolute atomic E-state index is 10.4. The lowest BCUT2D eigenvalue weighted by molar-refractivity contribution is 0.114. The van der Waals surface area contributed by atoms with E-state index in [1.165, 1.54) is 0 Å². The zero-order chi connectivity index (χ0) is 9.45. The maximum atomic E-state index is 10.4. The minimum Gasteiger partial charge on any atom is -0.378 e. The van der Waals surface area contributed by atoms with Crippen LogP contribution < -0.4 is 0 Å². The molecule has 0 atom stereocenters. The summed E-state index contributed by atoms with van der Waals surface area (Å²) in [5.74, 6) is 0.916. The molecule has 0 unspecified atom stereocenters. The van der Waals surface area contributed by atoms with Gasteiger partial charge in [0.15, 0.2) is 0 Å². The molecule has 0 heterocycles. The second-order valence-corrected chi connectivity index (χ2v) is 4.76. The van der Waals surface area contributed by atoms with Crippen LogP contribution in [0.4, 0.5) is 0 Å². The van der Waals surface area contributed by atoms with Crippen molar-refractivity contribution in [3.05, 3.63) is 0 Å². The quantitative estimate of drug-likeness (QED) is 0.452. The summed E-state index contributed by atoms with van der Waals surface area (Å²) in [6.45, 7) is 1.06. The zero-order valence-electron chi connectivity index (χ0n) is 7.28. The molecule has 0 saturated heterocycles. The molecule has 0 radical (unpaired) electrons. The maximum Gasteiger partial charge on any atom is 0.264 e. The zero-order valence-corrected chi connectivity index (χ0v) is 8.91. The Bertz CT molecular complexity index is 188. The molecule has 6 heteroatoms. The van der Waals surface area contributed by atoms with Crippen LogP contribution in [0, 0.1) is 0 Å². The summed E-state index contributed by atoms with van der Waals surface area (Å²) in [7, 11) is -3.30. The molecule has 0 spiro atoms.